The second-order valence-corrected chi connectivity index (χ2v) is 7.93. The molecular weight excluding hydrogens is 444 g/mol. The highest BCUT2D eigenvalue weighted by Gasteiger charge is 2.48. The first-order chi connectivity index (χ1) is 16.0. The zero-order valence-corrected chi connectivity index (χ0v) is 19.1. The molecule has 8 nitrogen and oxygen atoms in total. The number of rotatable bonds is 7. The number of carbonyl (C=O) groups excluding carboxylic acids is 2. The van der Waals surface area contributed by atoms with Crippen LogP contribution in [0.4, 0.5) is 5.13 Å². The van der Waals surface area contributed by atoms with Crippen LogP contribution in [0.1, 0.15) is 24.1 Å². The summed E-state index contributed by atoms with van der Waals surface area (Å²) in [4.78, 5) is 31.8. The number of aliphatic hydroxyl groups excluding tert-OH is 1. The summed E-state index contributed by atoms with van der Waals surface area (Å²) in [5, 5.41) is 13.3. The molecule has 33 heavy (non-hydrogen) atoms. The minimum absolute atomic E-state index is 0.0453. The van der Waals surface area contributed by atoms with Crippen LogP contribution in [0.5, 0.6) is 17.2 Å². The number of anilines is 1. The van der Waals surface area contributed by atoms with Crippen LogP contribution in [0.25, 0.3) is 5.76 Å². The molecule has 9 heteroatoms. The molecule has 4 rings (SSSR count). The molecule has 0 aliphatic carbocycles. The maximum absolute atomic E-state index is 13.2. The number of Topliss-reactive ketones (excluding diaryl/α,β-unsaturated/α-hetero) is 1. The van der Waals surface area contributed by atoms with E-state index in [1.807, 2.05) is 6.92 Å². The number of ether oxygens (including phenoxy) is 3. The van der Waals surface area contributed by atoms with Gasteiger partial charge in [-0.25, -0.2) is 4.98 Å². The third-order valence-corrected chi connectivity index (χ3v) is 5.98. The third-order valence-electron chi connectivity index (χ3n) is 5.21. The number of benzene rings is 2. The van der Waals surface area contributed by atoms with E-state index in [0.717, 1.165) is 0 Å². The van der Waals surface area contributed by atoms with Crippen molar-refractivity contribution in [1.29, 1.82) is 0 Å². The van der Waals surface area contributed by atoms with Gasteiger partial charge in [-0.3, -0.25) is 14.5 Å². The van der Waals surface area contributed by atoms with E-state index >= 15 is 0 Å². The van der Waals surface area contributed by atoms with Gasteiger partial charge < -0.3 is 19.3 Å². The number of aromatic nitrogens is 1. The van der Waals surface area contributed by atoms with Crippen molar-refractivity contribution in [3.63, 3.8) is 0 Å². The Balaban J connectivity index is 1.93. The van der Waals surface area contributed by atoms with Crippen molar-refractivity contribution in [2.45, 2.75) is 13.0 Å². The van der Waals surface area contributed by atoms with Gasteiger partial charge in [0.25, 0.3) is 5.78 Å². The van der Waals surface area contributed by atoms with Crippen molar-refractivity contribution >= 4 is 33.9 Å². The van der Waals surface area contributed by atoms with Crippen LogP contribution in [0.15, 0.2) is 59.6 Å². The van der Waals surface area contributed by atoms with Crippen LogP contribution in [0, 0.1) is 0 Å². The summed E-state index contributed by atoms with van der Waals surface area (Å²) >= 11 is 1.22. The largest absolute Gasteiger partial charge is 0.507 e. The lowest BCUT2D eigenvalue weighted by atomic mass is 9.95. The summed E-state index contributed by atoms with van der Waals surface area (Å²) < 4.78 is 16.3. The average Bonchev–Trinajstić information content (AvgIpc) is 3.45. The summed E-state index contributed by atoms with van der Waals surface area (Å²) in [6, 6.07) is 10.9. The molecule has 0 saturated carbocycles. The summed E-state index contributed by atoms with van der Waals surface area (Å²) in [7, 11) is 3.02. The Bertz CT molecular complexity index is 1220. The maximum atomic E-state index is 13.2. The predicted molar refractivity (Wildman–Crippen MR) is 124 cm³/mol. The molecule has 0 radical (unpaired) electrons. The monoisotopic (exact) mass is 466 g/mol. The zero-order valence-electron chi connectivity index (χ0n) is 18.3. The van der Waals surface area contributed by atoms with Gasteiger partial charge in [0.2, 0.25) is 0 Å². The molecule has 1 aliphatic rings. The first kappa shape index (κ1) is 22.3. The van der Waals surface area contributed by atoms with Crippen molar-refractivity contribution in [3.8, 4) is 17.2 Å². The van der Waals surface area contributed by atoms with Crippen molar-refractivity contribution < 1.29 is 28.9 Å². The molecule has 0 bridgehead atoms. The van der Waals surface area contributed by atoms with Crippen molar-refractivity contribution in [2.24, 2.45) is 0 Å². The van der Waals surface area contributed by atoms with Gasteiger partial charge >= 0.3 is 5.91 Å². The molecule has 0 spiro atoms. The molecule has 1 saturated heterocycles. The SMILES string of the molecule is CCOc1cccc(/C(O)=C2\C(=O)C(=O)N(c3nccs3)C2c2ccc(OC)c(OC)c2)c1. The number of thiazole rings is 1. The van der Waals surface area contributed by atoms with Crippen LogP contribution in [-0.4, -0.2) is 42.6 Å². The van der Waals surface area contributed by atoms with Crippen LogP contribution in [0.2, 0.25) is 0 Å². The fourth-order valence-corrected chi connectivity index (χ4v) is 4.43. The zero-order chi connectivity index (χ0) is 23.5. The van der Waals surface area contributed by atoms with Crippen molar-refractivity contribution in [1.82, 2.24) is 4.98 Å². The lowest BCUT2D eigenvalue weighted by Crippen LogP contribution is -2.29. The Morgan fingerprint density at radius 2 is 1.91 bits per heavy atom. The number of methoxy groups -OCH3 is 2. The maximum Gasteiger partial charge on any atom is 0.301 e. The lowest BCUT2D eigenvalue weighted by molar-refractivity contribution is -0.132. The second kappa shape index (κ2) is 9.33. The van der Waals surface area contributed by atoms with E-state index in [-0.39, 0.29) is 11.3 Å². The van der Waals surface area contributed by atoms with E-state index in [1.54, 1.807) is 54.0 Å². The predicted octanol–water partition coefficient (Wildman–Crippen LogP) is 4.19. The Hall–Kier alpha value is -3.85. The quantitative estimate of drug-likeness (QED) is 0.317. The molecule has 1 aromatic heterocycles. The number of aliphatic hydroxyl groups is 1. The van der Waals surface area contributed by atoms with Crippen molar-refractivity contribution in [3.05, 3.63) is 70.7 Å². The highest BCUT2D eigenvalue weighted by molar-refractivity contribution is 7.14. The fraction of sp³-hybridized carbons (Fsp3) is 0.208. The van der Waals surface area contributed by atoms with E-state index < -0.39 is 17.7 Å². The van der Waals surface area contributed by atoms with E-state index in [4.69, 9.17) is 14.2 Å². The molecule has 2 aromatic carbocycles. The van der Waals surface area contributed by atoms with Crippen LogP contribution >= 0.6 is 11.3 Å². The normalized spacial score (nSPS) is 17.3. The first-order valence-corrected chi connectivity index (χ1v) is 11.0. The lowest BCUT2D eigenvalue weighted by Gasteiger charge is -2.23. The standard InChI is InChI=1S/C24H22N2O6S/c1-4-32-16-7-5-6-15(12-16)21(27)19-20(14-8-9-17(30-2)18(13-14)31-3)26(23(29)22(19)28)24-25-10-11-33-24/h5-13,20,27H,4H2,1-3H3/b21-19+. The number of nitrogens with zero attached hydrogens (tertiary/aromatic N) is 2. The third kappa shape index (κ3) is 4.03. The topological polar surface area (TPSA) is 98.2 Å². The van der Waals surface area contributed by atoms with Gasteiger partial charge in [0.05, 0.1) is 32.4 Å². The molecule has 2 heterocycles. The van der Waals surface area contributed by atoms with Crippen LogP contribution in [-0.2, 0) is 9.59 Å². The van der Waals surface area contributed by atoms with E-state index in [1.165, 1.54) is 30.5 Å². The molecule has 3 aromatic rings. The minimum atomic E-state index is -0.910. The van der Waals surface area contributed by atoms with Crippen LogP contribution < -0.4 is 19.1 Å². The van der Waals surface area contributed by atoms with Gasteiger partial charge in [0, 0.05) is 17.1 Å². The molecule has 170 valence electrons. The average molecular weight is 467 g/mol. The first-order valence-electron chi connectivity index (χ1n) is 10.2. The van der Waals surface area contributed by atoms with Gasteiger partial charge in [-0.15, -0.1) is 11.3 Å². The number of hydrogen-bond acceptors (Lipinski definition) is 8. The molecular formula is C24H22N2O6S. The summed E-state index contributed by atoms with van der Waals surface area (Å²) in [5.41, 5.74) is 0.879. The second-order valence-electron chi connectivity index (χ2n) is 7.06. The van der Waals surface area contributed by atoms with Gasteiger partial charge in [-0.2, -0.15) is 0 Å². The smallest absolute Gasteiger partial charge is 0.301 e. The molecule has 1 fully saturated rings. The Labute approximate surface area is 194 Å². The number of carbonyl (C=O) groups is 2. The Morgan fingerprint density at radius 3 is 2.58 bits per heavy atom. The molecule has 1 aliphatic heterocycles. The van der Waals surface area contributed by atoms with E-state index in [2.05, 4.69) is 4.98 Å². The summed E-state index contributed by atoms with van der Waals surface area (Å²) in [5.74, 6) is -0.404. The molecule has 1 amide bonds. The van der Waals surface area contributed by atoms with Crippen molar-refractivity contribution in [2.75, 3.05) is 25.7 Å². The van der Waals surface area contributed by atoms with E-state index in [0.29, 0.717) is 40.1 Å². The van der Waals surface area contributed by atoms with E-state index in [9.17, 15) is 14.7 Å². The Morgan fingerprint density at radius 1 is 1.12 bits per heavy atom. The van der Waals surface area contributed by atoms with Gasteiger partial charge in [0.1, 0.15) is 11.5 Å². The number of amides is 1. The Kier molecular flexibility index (Phi) is 6.32. The van der Waals surface area contributed by atoms with Gasteiger partial charge in [-0.05, 0) is 36.8 Å². The minimum Gasteiger partial charge on any atom is -0.507 e. The fourth-order valence-electron chi connectivity index (χ4n) is 3.76. The highest BCUT2D eigenvalue weighted by atomic mass is 32.1. The summed E-state index contributed by atoms with van der Waals surface area (Å²) in [6.07, 6.45) is 1.55. The number of ketones is 1. The van der Waals surface area contributed by atoms with Gasteiger partial charge in [0.15, 0.2) is 16.6 Å². The summed E-state index contributed by atoms with van der Waals surface area (Å²) in [6.45, 7) is 2.30. The van der Waals surface area contributed by atoms with Crippen LogP contribution in [0.3, 0.4) is 0 Å². The van der Waals surface area contributed by atoms with Gasteiger partial charge in [-0.1, -0.05) is 18.2 Å². The molecule has 1 atom stereocenters. The molecule has 1 N–H and O–H groups in total. The number of hydrogen-bond donors (Lipinski definition) is 1. The highest BCUT2D eigenvalue weighted by Crippen LogP contribution is 2.44. The molecule has 1 unspecified atom stereocenters.